The summed E-state index contributed by atoms with van der Waals surface area (Å²) in [6.45, 7) is 2.32. The van der Waals surface area contributed by atoms with Crippen LogP contribution >= 0.6 is 15.9 Å². The van der Waals surface area contributed by atoms with E-state index in [0.717, 1.165) is 10.0 Å². The molecule has 26 heavy (non-hydrogen) atoms. The number of benzene rings is 2. The fourth-order valence-corrected chi connectivity index (χ4v) is 2.66. The minimum atomic E-state index is -0.629. The first-order chi connectivity index (χ1) is 12.5. The molecule has 2 rings (SSSR count). The van der Waals surface area contributed by atoms with Crippen LogP contribution < -0.4 is 10.1 Å². The summed E-state index contributed by atoms with van der Waals surface area (Å²) in [6, 6.07) is 10.5. The number of carbonyl (C=O) groups is 1. The van der Waals surface area contributed by atoms with Gasteiger partial charge in [-0.15, -0.1) is 0 Å². The molecule has 0 aromatic heterocycles. The quantitative estimate of drug-likeness (QED) is 0.389. The van der Waals surface area contributed by atoms with E-state index in [2.05, 4.69) is 21.2 Å². The minimum Gasteiger partial charge on any atom is -0.494 e. The van der Waals surface area contributed by atoms with Crippen LogP contribution in [0.5, 0.6) is 5.75 Å². The summed E-state index contributed by atoms with van der Waals surface area (Å²) in [7, 11) is 1.40. The normalized spacial score (nSPS) is 10.3. The molecule has 0 aliphatic carbocycles. The van der Waals surface area contributed by atoms with Crippen LogP contribution in [0.25, 0.3) is 0 Å². The third-order valence-electron chi connectivity index (χ3n) is 3.64. The number of nitrogens with one attached hydrogen (secondary N) is 1. The zero-order valence-electron chi connectivity index (χ0n) is 14.5. The van der Waals surface area contributed by atoms with Crippen molar-refractivity contribution in [2.75, 3.05) is 25.6 Å². The first kappa shape index (κ1) is 19.7. The van der Waals surface area contributed by atoms with E-state index in [9.17, 15) is 14.9 Å². The molecule has 0 bridgehead atoms. The van der Waals surface area contributed by atoms with E-state index in [-0.39, 0.29) is 29.3 Å². The Morgan fingerprint density at radius 2 is 1.96 bits per heavy atom. The van der Waals surface area contributed by atoms with Gasteiger partial charge in [-0.3, -0.25) is 10.1 Å². The Morgan fingerprint density at radius 1 is 1.27 bits per heavy atom. The fraction of sp³-hybridized carbons (Fsp3) is 0.278. The number of esters is 1. The summed E-state index contributed by atoms with van der Waals surface area (Å²) in [4.78, 5) is 22.8. The second kappa shape index (κ2) is 9.19. The molecule has 0 atom stereocenters. The molecule has 0 saturated heterocycles. The van der Waals surface area contributed by atoms with Gasteiger partial charge in [-0.25, -0.2) is 4.79 Å². The van der Waals surface area contributed by atoms with Crippen LogP contribution in [0.1, 0.15) is 22.8 Å². The van der Waals surface area contributed by atoms with Crippen molar-refractivity contribution in [3.8, 4) is 5.75 Å². The highest BCUT2D eigenvalue weighted by Crippen LogP contribution is 2.36. The van der Waals surface area contributed by atoms with Crippen molar-refractivity contribution in [2.45, 2.75) is 13.3 Å². The van der Waals surface area contributed by atoms with Gasteiger partial charge in [-0.2, -0.15) is 0 Å². The minimum absolute atomic E-state index is 0.0776. The van der Waals surface area contributed by atoms with Crippen molar-refractivity contribution < 1.29 is 19.2 Å². The van der Waals surface area contributed by atoms with E-state index in [0.29, 0.717) is 13.0 Å². The van der Waals surface area contributed by atoms with Gasteiger partial charge in [0.15, 0.2) is 5.69 Å². The number of methoxy groups -OCH3 is 1. The molecule has 7 nitrogen and oxygen atoms in total. The first-order valence-corrected chi connectivity index (χ1v) is 8.77. The highest BCUT2D eigenvalue weighted by molar-refractivity contribution is 9.10. The average Bonchev–Trinajstić information content (AvgIpc) is 2.63. The van der Waals surface area contributed by atoms with Crippen molar-refractivity contribution in [3.05, 3.63) is 62.1 Å². The molecule has 0 heterocycles. The SMILES string of the molecule is CCOC(=O)c1cc(OC)c(NCCc2ccc(Br)cc2)c([N+](=O)[O-])c1. The lowest BCUT2D eigenvalue weighted by Crippen LogP contribution is -2.11. The van der Waals surface area contributed by atoms with Crippen LogP contribution in [0.15, 0.2) is 40.9 Å². The Morgan fingerprint density at radius 3 is 2.54 bits per heavy atom. The van der Waals surface area contributed by atoms with Gasteiger partial charge >= 0.3 is 5.97 Å². The number of nitro benzene ring substituents is 1. The van der Waals surface area contributed by atoms with Crippen LogP contribution in [-0.4, -0.2) is 31.2 Å². The summed E-state index contributed by atoms with van der Waals surface area (Å²) < 4.78 is 11.1. The molecule has 1 N–H and O–H groups in total. The van der Waals surface area contributed by atoms with Gasteiger partial charge in [0, 0.05) is 17.1 Å². The number of ether oxygens (including phenoxy) is 2. The smallest absolute Gasteiger partial charge is 0.338 e. The van der Waals surface area contributed by atoms with Gasteiger partial charge in [0.1, 0.15) is 5.75 Å². The maximum absolute atomic E-state index is 11.9. The zero-order chi connectivity index (χ0) is 19.1. The number of rotatable bonds is 8. The fourth-order valence-electron chi connectivity index (χ4n) is 2.40. The highest BCUT2D eigenvalue weighted by Gasteiger charge is 2.23. The molecule has 0 radical (unpaired) electrons. The molecule has 138 valence electrons. The van der Waals surface area contributed by atoms with E-state index in [4.69, 9.17) is 9.47 Å². The van der Waals surface area contributed by atoms with Crippen LogP contribution in [0.3, 0.4) is 0 Å². The number of anilines is 1. The van der Waals surface area contributed by atoms with E-state index < -0.39 is 10.9 Å². The van der Waals surface area contributed by atoms with Gasteiger partial charge in [0.25, 0.3) is 5.69 Å². The standard InChI is InChI=1S/C18H19BrN2O5/c1-3-26-18(22)13-10-15(21(23)24)17(16(11-13)25-2)20-9-8-12-4-6-14(19)7-5-12/h4-7,10-11,20H,3,8-9H2,1-2H3. The van der Waals surface area contributed by atoms with Gasteiger partial charge in [-0.1, -0.05) is 28.1 Å². The van der Waals surface area contributed by atoms with Crippen molar-refractivity contribution in [3.63, 3.8) is 0 Å². The topological polar surface area (TPSA) is 90.7 Å². The number of nitrogens with zero attached hydrogens (tertiary/aromatic N) is 1. The average molecular weight is 423 g/mol. The van der Waals surface area contributed by atoms with Crippen LogP contribution in [0, 0.1) is 10.1 Å². The monoisotopic (exact) mass is 422 g/mol. The van der Waals surface area contributed by atoms with Crippen LogP contribution in [0.4, 0.5) is 11.4 Å². The maximum Gasteiger partial charge on any atom is 0.338 e. The lowest BCUT2D eigenvalue weighted by atomic mass is 10.1. The van der Waals surface area contributed by atoms with E-state index >= 15 is 0 Å². The molecule has 0 aliphatic rings. The van der Waals surface area contributed by atoms with Gasteiger partial charge in [-0.05, 0) is 37.1 Å². The predicted octanol–water partition coefficient (Wildman–Crippen LogP) is 4.20. The molecule has 0 spiro atoms. The first-order valence-electron chi connectivity index (χ1n) is 7.98. The zero-order valence-corrected chi connectivity index (χ0v) is 16.0. The largest absolute Gasteiger partial charge is 0.494 e. The molecular formula is C18H19BrN2O5. The lowest BCUT2D eigenvalue weighted by molar-refractivity contribution is -0.384. The second-order valence-corrected chi connectivity index (χ2v) is 6.27. The summed E-state index contributed by atoms with van der Waals surface area (Å²) in [5.74, 6) is -0.409. The van der Waals surface area contributed by atoms with Crippen molar-refractivity contribution in [1.29, 1.82) is 0 Å². The molecule has 2 aromatic rings. The Labute approximate surface area is 159 Å². The molecule has 2 aromatic carbocycles. The Bertz CT molecular complexity index is 793. The molecule has 0 fully saturated rings. The van der Waals surface area contributed by atoms with Gasteiger partial charge in [0.05, 0.1) is 24.2 Å². The molecular weight excluding hydrogens is 404 g/mol. The third kappa shape index (κ3) is 4.95. The number of nitro groups is 1. The Hall–Kier alpha value is -2.61. The summed E-state index contributed by atoms with van der Waals surface area (Å²) >= 11 is 3.38. The Kier molecular flexibility index (Phi) is 6.97. The van der Waals surface area contributed by atoms with Crippen LogP contribution in [0.2, 0.25) is 0 Å². The molecule has 0 unspecified atom stereocenters. The number of hydrogen-bond acceptors (Lipinski definition) is 6. The molecule has 8 heteroatoms. The predicted molar refractivity (Wildman–Crippen MR) is 102 cm³/mol. The highest BCUT2D eigenvalue weighted by atomic mass is 79.9. The van der Waals surface area contributed by atoms with Gasteiger partial charge < -0.3 is 14.8 Å². The third-order valence-corrected chi connectivity index (χ3v) is 4.17. The molecule has 0 aliphatic heterocycles. The van der Waals surface area contributed by atoms with Gasteiger partial charge in [0.2, 0.25) is 0 Å². The maximum atomic E-state index is 11.9. The molecule has 0 saturated carbocycles. The number of halogens is 1. The van der Waals surface area contributed by atoms with E-state index in [1.165, 1.54) is 19.2 Å². The van der Waals surface area contributed by atoms with Crippen LogP contribution in [-0.2, 0) is 11.2 Å². The summed E-state index contributed by atoms with van der Waals surface area (Å²) in [6.07, 6.45) is 0.674. The van der Waals surface area contributed by atoms with E-state index in [1.54, 1.807) is 6.92 Å². The van der Waals surface area contributed by atoms with Crippen molar-refractivity contribution in [2.24, 2.45) is 0 Å². The Balaban J connectivity index is 2.23. The lowest BCUT2D eigenvalue weighted by Gasteiger charge is -2.13. The summed E-state index contributed by atoms with van der Waals surface area (Å²) in [5.41, 5.74) is 1.17. The van der Waals surface area contributed by atoms with Crippen molar-refractivity contribution in [1.82, 2.24) is 0 Å². The van der Waals surface area contributed by atoms with Crippen molar-refractivity contribution >= 4 is 33.3 Å². The summed E-state index contributed by atoms with van der Waals surface area (Å²) in [5, 5.41) is 14.5. The molecule has 0 amide bonds. The second-order valence-electron chi connectivity index (χ2n) is 5.35. The number of carbonyl (C=O) groups excluding carboxylic acids is 1. The van der Waals surface area contributed by atoms with E-state index in [1.807, 2.05) is 24.3 Å². The number of hydrogen-bond donors (Lipinski definition) is 1.